The second-order valence-corrected chi connectivity index (χ2v) is 11.5. The summed E-state index contributed by atoms with van der Waals surface area (Å²) in [6.45, 7) is 16.8. The fourth-order valence-electron chi connectivity index (χ4n) is 4.20. The molecular weight excluding hydrogens is 516 g/mol. The fourth-order valence-corrected chi connectivity index (χ4v) is 4.51. The summed E-state index contributed by atoms with van der Waals surface area (Å²) < 4.78 is 1.83. The summed E-state index contributed by atoms with van der Waals surface area (Å²) in [5.41, 5.74) is 4.56. The molecule has 6 nitrogen and oxygen atoms in total. The summed E-state index contributed by atoms with van der Waals surface area (Å²) in [5.74, 6) is 0.644. The molecule has 2 aromatic rings. The highest BCUT2D eigenvalue weighted by molar-refractivity contribution is 7.98. The Morgan fingerprint density at radius 2 is 1.88 bits per heavy atom. The minimum Gasteiger partial charge on any atom is -0.355 e. The number of carbonyl (C=O) groups is 2. The van der Waals surface area contributed by atoms with Gasteiger partial charge in [0.2, 0.25) is 17.8 Å². The van der Waals surface area contributed by atoms with Crippen LogP contribution in [-0.2, 0) is 22.1 Å². The maximum Gasteiger partial charge on any atom is 0.234 e. The molecule has 2 rings (SSSR count). The molecule has 0 fully saturated rings. The molecule has 7 heteroatoms. The maximum atomic E-state index is 13.8. The zero-order chi connectivity index (χ0) is 29.7. The molecule has 40 heavy (non-hydrogen) atoms. The maximum absolute atomic E-state index is 13.8. The largest absolute Gasteiger partial charge is 0.355 e. The molecule has 0 aliphatic carbocycles. The van der Waals surface area contributed by atoms with Crippen molar-refractivity contribution in [3.05, 3.63) is 95.9 Å². The van der Waals surface area contributed by atoms with Crippen molar-refractivity contribution < 1.29 is 9.59 Å². The second kappa shape index (κ2) is 15.9. The van der Waals surface area contributed by atoms with E-state index in [1.807, 2.05) is 67.3 Å². The van der Waals surface area contributed by atoms with E-state index >= 15 is 0 Å². The molecule has 1 atom stereocenters. The minimum atomic E-state index is -0.491. The van der Waals surface area contributed by atoms with Crippen molar-refractivity contribution in [2.24, 2.45) is 7.05 Å². The Labute approximate surface area is 244 Å². The van der Waals surface area contributed by atoms with E-state index in [2.05, 4.69) is 61.7 Å². The summed E-state index contributed by atoms with van der Waals surface area (Å²) in [4.78, 5) is 30.6. The Hall–Kier alpha value is -3.58. The smallest absolute Gasteiger partial charge is 0.234 e. The molecular formula is C33H44N4O2S. The van der Waals surface area contributed by atoms with Crippen molar-refractivity contribution in [1.82, 2.24) is 14.9 Å². The number of hydrogen-bond donors (Lipinski definition) is 2. The Balaban J connectivity index is 2.38. The van der Waals surface area contributed by atoms with Crippen LogP contribution in [0, 0.1) is 0 Å². The molecule has 2 N–H and O–H groups in total. The zero-order valence-corrected chi connectivity index (χ0v) is 25.6. The van der Waals surface area contributed by atoms with Crippen LogP contribution in [0.15, 0.2) is 73.4 Å². The lowest BCUT2D eigenvalue weighted by Crippen LogP contribution is -2.24. The number of thioether (sulfide) groups is 1. The van der Waals surface area contributed by atoms with Crippen molar-refractivity contribution in [3.8, 4) is 0 Å². The normalized spacial score (nSPS) is 13.0. The van der Waals surface area contributed by atoms with Crippen molar-refractivity contribution in [2.45, 2.75) is 51.9 Å². The van der Waals surface area contributed by atoms with Crippen molar-refractivity contribution >= 4 is 41.7 Å². The van der Waals surface area contributed by atoms with Gasteiger partial charge in [-0.3, -0.25) is 14.9 Å². The van der Waals surface area contributed by atoms with Crippen LogP contribution in [0.5, 0.6) is 0 Å². The average Bonchev–Trinajstić information content (AvgIpc) is 3.20. The Morgan fingerprint density at radius 3 is 2.45 bits per heavy atom. The number of amides is 2. The third-order valence-electron chi connectivity index (χ3n) is 6.45. The van der Waals surface area contributed by atoms with Gasteiger partial charge in [0.25, 0.3) is 0 Å². The monoisotopic (exact) mass is 560 g/mol. The molecule has 0 saturated heterocycles. The van der Waals surface area contributed by atoms with Gasteiger partial charge < -0.3 is 9.88 Å². The number of benzene rings is 1. The van der Waals surface area contributed by atoms with Crippen LogP contribution in [0.25, 0.3) is 12.2 Å². The van der Waals surface area contributed by atoms with Gasteiger partial charge in [0.05, 0.1) is 17.3 Å². The summed E-state index contributed by atoms with van der Waals surface area (Å²) in [6, 6.07) is 8.22. The van der Waals surface area contributed by atoms with E-state index in [0.717, 1.165) is 28.3 Å². The summed E-state index contributed by atoms with van der Waals surface area (Å²) in [5, 5.41) is 5.95. The van der Waals surface area contributed by atoms with Gasteiger partial charge in [-0.05, 0) is 53.9 Å². The summed E-state index contributed by atoms with van der Waals surface area (Å²) in [7, 11) is 1.86. The van der Waals surface area contributed by atoms with E-state index in [-0.39, 0.29) is 23.7 Å². The van der Waals surface area contributed by atoms with E-state index in [0.29, 0.717) is 18.9 Å². The average molecular weight is 561 g/mol. The first-order chi connectivity index (χ1) is 19.0. The lowest BCUT2D eigenvalue weighted by atomic mass is 9.84. The summed E-state index contributed by atoms with van der Waals surface area (Å²) in [6.07, 6.45) is 15.6. The van der Waals surface area contributed by atoms with E-state index in [9.17, 15) is 9.59 Å². The van der Waals surface area contributed by atoms with E-state index in [1.54, 1.807) is 23.9 Å². The number of anilines is 1. The van der Waals surface area contributed by atoms with Crippen molar-refractivity contribution in [2.75, 3.05) is 23.9 Å². The lowest BCUT2D eigenvalue weighted by molar-refractivity contribution is -0.120. The third-order valence-corrected chi connectivity index (χ3v) is 7.06. The number of hydrogen-bond acceptors (Lipinski definition) is 4. The van der Waals surface area contributed by atoms with Gasteiger partial charge in [0.15, 0.2) is 0 Å². The van der Waals surface area contributed by atoms with Crippen LogP contribution in [0.1, 0.15) is 69.0 Å². The summed E-state index contributed by atoms with van der Waals surface area (Å²) >= 11 is 1.69. The van der Waals surface area contributed by atoms with Crippen LogP contribution in [0.3, 0.4) is 0 Å². The molecule has 1 aromatic heterocycles. The number of carbonyl (C=O) groups excluding carboxylic acids is 2. The van der Waals surface area contributed by atoms with E-state index in [4.69, 9.17) is 0 Å². The lowest BCUT2D eigenvalue weighted by Gasteiger charge is -2.22. The molecule has 0 saturated carbocycles. The number of imidazole rings is 1. The van der Waals surface area contributed by atoms with E-state index in [1.165, 1.54) is 5.56 Å². The SMILES string of the molecule is C=C/C=C(\C=C/CC(=O)NCCSC)CC(C(=O)Nc1nc(/C=C\C)c(C=C)n1C)c1ccc(C(C)(C)C)cc1. The molecule has 0 aliphatic rings. The first-order valence-electron chi connectivity index (χ1n) is 13.5. The highest BCUT2D eigenvalue weighted by Crippen LogP contribution is 2.30. The number of nitrogens with zero attached hydrogens (tertiary/aromatic N) is 2. The number of rotatable bonds is 14. The predicted octanol–water partition coefficient (Wildman–Crippen LogP) is 7.04. The van der Waals surface area contributed by atoms with Crippen molar-refractivity contribution in [3.63, 3.8) is 0 Å². The molecule has 0 bridgehead atoms. The van der Waals surface area contributed by atoms with Crippen LogP contribution in [0.2, 0.25) is 0 Å². The third kappa shape index (κ3) is 9.56. The number of nitrogens with one attached hydrogen (secondary N) is 2. The van der Waals surface area contributed by atoms with Crippen LogP contribution >= 0.6 is 11.8 Å². The second-order valence-electron chi connectivity index (χ2n) is 10.5. The predicted molar refractivity (Wildman–Crippen MR) is 173 cm³/mol. The Kier molecular flexibility index (Phi) is 12.9. The quantitative estimate of drug-likeness (QED) is 0.192. The van der Waals surface area contributed by atoms with Crippen LogP contribution in [-0.4, -0.2) is 39.9 Å². The molecule has 1 unspecified atom stereocenters. The molecule has 0 aliphatic heterocycles. The standard InChI is InChI=1S/C33H44N4O2S/c1-9-13-24(15-12-16-30(38)34-21-22-40-8)23-27(25-17-19-26(20-18-25)33(4,5)6)31(39)36-32-35-28(14-10-2)29(11-3)37(32)7/h9-15,17-20,27H,1,3,16,21-23H2,2,4-8H3,(H,34,38)(H,35,36,39)/b14-10-,15-12-,24-13+. The fraction of sp³-hybridized carbons (Fsp3) is 0.364. The van der Waals surface area contributed by atoms with Crippen LogP contribution in [0.4, 0.5) is 5.95 Å². The van der Waals surface area contributed by atoms with Crippen molar-refractivity contribution in [1.29, 1.82) is 0 Å². The van der Waals surface area contributed by atoms with Gasteiger partial charge in [0.1, 0.15) is 0 Å². The van der Waals surface area contributed by atoms with Gasteiger partial charge in [0, 0.05) is 25.8 Å². The highest BCUT2D eigenvalue weighted by atomic mass is 32.2. The molecule has 0 radical (unpaired) electrons. The van der Waals surface area contributed by atoms with Gasteiger partial charge in [-0.1, -0.05) is 88.6 Å². The molecule has 214 valence electrons. The van der Waals surface area contributed by atoms with Gasteiger partial charge in [-0.25, -0.2) is 4.98 Å². The van der Waals surface area contributed by atoms with Gasteiger partial charge in [-0.15, -0.1) is 0 Å². The van der Waals surface area contributed by atoms with Gasteiger partial charge >= 0.3 is 0 Å². The first-order valence-corrected chi connectivity index (χ1v) is 14.9. The minimum absolute atomic E-state index is 0.000557. The molecule has 0 spiro atoms. The van der Waals surface area contributed by atoms with Gasteiger partial charge in [-0.2, -0.15) is 11.8 Å². The molecule has 2 amide bonds. The van der Waals surface area contributed by atoms with Crippen LogP contribution < -0.4 is 10.6 Å². The Bertz CT molecular complexity index is 1260. The number of allylic oxidation sites excluding steroid dienone is 5. The topological polar surface area (TPSA) is 76.0 Å². The Morgan fingerprint density at radius 1 is 1.18 bits per heavy atom. The molecule has 1 heterocycles. The number of aromatic nitrogens is 2. The highest BCUT2D eigenvalue weighted by Gasteiger charge is 2.25. The molecule has 1 aromatic carbocycles. The van der Waals surface area contributed by atoms with E-state index < -0.39 is 5.92 Å². The first kappa shape index (κ1) is 32.6. The zero-order valence-electron chi connectivity index (χ0n) is 24.8.